The van der Waals surface area contributed by atoms with Crippen molar-refractivity contribution in [2.45, 2.75) is 45.8 Å². The van der Waals surface area contributed by atoms with Crippen molar-refractivity contribution in [3.05, 3.63) is 48.2 Å². The van der Waals surface area contributed by atoms with Gasteiger partial charge < -0.3 is 4.74 Å². The highest BCUT2D eigenvalue weighted by Crippen LogP contribution is 2.69. The lowest BCUT2D eigenvalue weighted by atomic mass is 9.69. The number of ether oxygens (including phenoxy) is 1. The van der Waals surface area contributed by atoms with Crippen LogP contribution in [0.2, 0.25) is 0 Å². The standard InChI is InChI=1S/C20H25NO4S/c1-19(2)16-8-10-20(19)14-26(23,24)21(17(20)12-16)18(22)9-11-25-13-15-6-4-3-5-7-15/h3-7,9,11,16-17H,8,10,12-14H2,1-2H3/b11-9+/t16-,17-,20-/m1/s1. The molecule has 0 N–H and O–H groups in total. The quantitative estimate of drug-likeness (QED) is 0.599. The van der Waals surface area contributed by atoms with Crippen LogP contribution in [0.4, 0.5) is 0 Å². The van der Waals surface area contributed by atoms with Gasteiger partial charge in [0.15, 0.2) is 0 Å². The smallest absolute Gasteiger partial charge is 0.263 e. The first-order chi connectivity index (χ1) is 12.3. The molecule has 2 aliphatic carbocycles. The average molecular weight is 375 g/mol. The Morgan fingerprint density at radius 2 is 2.04 bits per heavy atom. The van der Waals surface area contributed by atoms with Crippen LogP contribution in [0.3, 0.4) is 0 Å². The Kier molecular flexibility index (Phi) is 3.95. The summed E-state index contributed by atoms with van der Waals surface area (Å²) in [7, 11) is -3.57. The molecule has 4 rings (SSSR count). The van der Waals surface area contributed by atoms with E-state index in [-0.39, 0.29) is 22.6 Å². The number of fused-ring (bicyclic) bond motifs is 1. The van der Waals surface area contributed by atoms with E-state index in [9.17, 15) is 13.2 Å². The van der Waals surface area contributed by atoms with Crippen molar-refractivity contribution in [1.29, 1.82) is 0 Å². The molecule has 1 spiro atoms. The molecule has 2 bridgehead atoms. The molecule has 26 heavy (non-hydrogen) atoms. The second-order valence-corrected chi connectivity index (χ2v) is 10.2. The predicted molar refractivity (Wildman–Crippen MR) is 98.3 cm³/mol. The Morgan fingerprint density at radius 3 is 2.73 bits per heavy atom. The molecule has 3 aliphatic rings. The van der Waals surface area contributed by atoms with Gasteiger partial charge in [0.2, 0.25) is 10.0 Å². The van der Waals surface area contributed by atoms with E-state index >= 15 is 0 Å². The summed E-state index contributed by atoms with van der Waals surface area (Å²) in [4.78, 5) is 12.7. The third-order valence-electron chi connectivity index (χ3n) is 7.03. The molecule has 1 aromatic carbocycles. The van der Waals surface area contributed by atoms with Crippen molar-refractivity contribution in [2.75, 3.05) is 5.75 Å². The topological polar surface area (TPSA) is 63.7 Å². The molecule has 6 heteroatoms. The second-order valence-electron chi connectivity index (χ2n) is 8.35. The zero-order valence-electron chi connectivity index (χ0n) is 15.2. The third kappa shape index (κ3) is 2.42. The molecule has 1 aliphatic heterocycles. The summed E-state index contributed by atoms with van der Waals surface area (Å²) in [6, 6.07) is 9.42. The van der Waals surface area contributed by atoms with Crippen LogP contribution >= 0.6 is 0 Å². The van der Waals surface area contributed by atoms with E-state index in [1.165, 1.54) is 12.3 Å². The number of nitrogens with zero attached hydrogens (tertiary/aromatic N) is 1. The molecule has 1 amide bonds. The third-order valence-corrected chi connectivity index (χ3v) is 8.94. The van der Waals surface area contributed by atoms with Crippen molar-refractivity contribution in [3.63, 3.8) is 0 Å². The zero-order chi connectivity index (χ0) is 18.6. The van der Waals surface area contributed by atoms with E-state index in [4.69, 9.17) is 4.74 Å². The Labute approximate surface area is 155 Å². The number of carbonyl (C=O) groups excluding carboxylic acids is 1. The van der Waals surface area contributed by atoms with Crippen LogP contribution in [0.5, 0.6) is 0 Å². The van der Waals surface area contributed by atoms with Gasteiger partial charge in [0.25, 0.3) is 5.91 Å². The molecule has 3 atom stereocenters. The molecular weight excluding hydrogens is 350 g/mol. The van der Waals surface area contributed by atoms with Crippen LogP contribution in [0.15, 0.2) is 42.7 Å². The van der Waals surface area contributed by atoms with E-state index in [0.29, 0.717) is 12.5 Å². The number of sulfonamides is 1. The van der Waals surface area contributed by atoms with Crippen molar-refractivity contribution in [3.8, 4) is 0 Å². The monoisotopic (exact) mass is 375 g/mol. The van der Waals surface area contributed by atoms with Crippen LogP contribution in [-0.4, -0.2) is 30.4 Å². The van der Waals surface area contributed by atoms with Crippen LogP contribution in [0, 0.1) is 16.7 Å². The van der Waals surface area contributed by atoms with Crippen LogP contribution in [-0.2, 0) is 26.2 Å². The lowest BCUT2D eigenvalue weighted by Gasteiger charge is -2.36. The van der Waals surface area contributed by atoms with Crippen molar-refractivity contribution < 1.29 is 17.9 Å². The van der Waals surface area contributed by atoms with Gasteiger partial charge in [-0.05, 0) is 36.2 Å². The molecule has 0 aromatic heterocycles. The molecule has 2 saturated carbocycles. The molecule has 1 aromatic rings. The minimum Gasteiger partial charge on any atom is -0.496 e. The summed E-state index contributed by atoms with van der Waals surface area (Å²) < 4.78 is 32.1. The first-order valence-corrected chi connectivity index (χ1v) is 10.8. The number of amides is 1. The van der Waals surface area contributed by atoms with Crippen molar-refractivity contribution >= 4 is 15.9 Å². The van der Waals surface area contributed by atoms with Gasteiger partial charge in [-0.25, -0.2) is 12.7 Å². The van der Waals surface area contributed by atoms with Gasteiger partial charge in [-0.15, -0.1) is 0 Å². The maximum Gasteiger partial charge on any atom is 0.263 e. The van der Waals surface area contributed by atoms with Gasteiger partial charge in [-0.2, -0.15) is 0 Å². The summed E-state index contributed by atoms with van der Waals surface area (Å²) >= 11 is 0. The van der Waals surface area contributed by atoms with Gasteiger partial charge in [-0.3, -0.25) is 4.79 Å². The van der Waals surface area contributed by atoms with Crippen molar-refractivity contribution in [2.24, 2.45) is 16.7 Å². The van der Waals surface area contributed by atoms with E-state index in [1.807, 2.05) is 30.3 Å². The second kappa shape index (κ2) is 5.84. The summed E-state index contributed by atoms with van der Waals surface area (Å²) in [5.41, 5.74) is 0.672. The zero-order valence-corrected chi connectivity index (χ0v) is 16.0. The number of rotatable bonds is 4. The predicted octanol–water partition coefficient (Wildman–Crippen LogP) is 3.08. The first-order valence-electron chi connectivity index (χ1n) is 9.16. The van der Waals surface area contributed by atoms with Gasteiger partial charge in [0.05, 0.1) is 18.1 Å². The fourth-order valence-electron chi connectivity index (χ4n) is 5.48. The number of benzene rings is 1. The summed E-state index contributed by atoms with van der Waals surface area (Å²) in [5.74, 6) is 0.110. The van der Waals surface area contributed by atoms with Gasteiger partial charge in [0, 0.05) is 11.5 Å². The van der Waals surface area contributed by atoms with Crippen LogP contribution in [0.1, 0.15) is 38.7 Å². The minimum absolute atomic E-state index is 0.0344. The summed E-state index contributed by atoms with van der Waals surface area (Å²) in [6.45, 7) is 4.69. The van der Waals surface area contributed by atoms with Gasteiger partial charge in [0.1, 0.15) is 6.61 Å². The molecule has 140 valence electrons. The Morgan fingerprint density at radius 1 is 1.31 bits per heavy atom. The van der Waals surface area contributed by atoms with E-state index < -0.39 is 15.9 Å². The number of hydrogen-bond acceptors (Lipinski definition) is 4. The number of carbonyl (C=O) groups is 1. The first kappa shape index (κ1) is 17.6. The normalized spacial score (nSPS) is 33.5. The molecule has 5 nitrogen and oxygen atoms in total. The lowest BCUT2D eigenvalue weighted by molar-refractivity contribution is -0.124. The maximum atomic E-state index is 12.8. The lowest BCUT2D eigenvalue weighted by Crippen LogP contribution is -2.43. The maximum absolute atomic E-state index is 12.8. The van der Waals surface area contributed by atoms with Crippen LogP contribution in [0.25, 0.3) is 0 Å². The molecule has 0 radical (unpaired) electrons. The van der Waals surface area contributed by atoms with Crippen molar-refractivity contribution in [1.82, 2.24) is 4.31 Å². The van der Waals surface area contributed by atoms with E-state index in [1.54, 1.807) is 0 Å². The Balaban J connectivity index is 1.49. The fourth-order valence-corrected chi connectivity index (χ4v) is 7.99. The average Bonchev–Trinajstić information content (AvgIpc) is 3.07. The highest BCUT2D eigenvalue weighted by atomic mass is 32.2. The summed E-state index contributed by atoms with van der Waals surface area (Å²) in [6.07, 6.45) is 5.31. The van der Waals surface area contributed by atoms with Gasteiger partial charge in [-0.1, -0.05) is 44.2 Å². The Bertz CT molecular complexity index is 846. The molecular formula is C20H25NO4S. The largest absolute Gasteiger partial charge is 0.496 e. The van der Waals surface area contributed by atoms with E-state index in [0.717, 1.165) is 29.1 Å². The van der Waals surface area contributed by atoms with E-state index in [2.05, 4.69) is 13.8 Å². The summed E-state index contributed by atoms with van der Waals surface area (Å²) in [5, 5.41) is 0. The fraction of sp³-hybridized carbons (Fsp3) is 0.550. The SMILES string of the molecule is CC1(C)[C@@H]2CC[C@]13CS(=O)(=O)N(C(=O)/C=C/OCc1ccccc1)[C@@H]3C2. The highest BCUT2D eigenvalue weighted by molar-refractivity contribution is 7.90. The number of hydrogen-bond donors (Lipinski definition) is 0. The molecule has 3 fully saturated rings. The minimum atomic E-state index is -3.57. The molecule has 1 heterocycles. The van der Waals surface area contributed by atoms with Gasteiger partial charge >= 0.3 is 0 Å². The molecule has 1 saturated heterocycles. The molecule has 0 unspecified atom stereocenters. The van der Waals surface area contributed by atoms with Crippen LogP contribution < -0.4 is 0 Å². The Hall–Kier alpha value is -1.82. The highest BCUT2D eigenvalue weighted by Gasteiger charge is 2.72.